The monoisotopic (exact) mass is 326 g/mol. The Morgan fingerprint density at radius 1 is 1.11 bits per heavy atom. The van der Waals surface area contributed by atoms with Gasteiger partial charge in [0.2, 0.25) is 0 Å². The fraction of sp³-hybridized carbons (Fsp3) is 0.167. The van der Waals surface area contributed by atoms with Gasteiger partial charge in [0.1, 0.15) is 5.75 Å². The maximum Gasteiger partial charge on any atom is 0.573 e. The molecule has 0 N–H and O–H groups in total. The Balaban J connectivity index is 2.17. The zero-order valence-corrected chi connectivity index (χ0v) is 11.6. The molecule has 102 valence electrons. The summed E-state index contributed by atoms with van der Waals surface area (Å²) in [5, 5.41) is 1.85. The lowest BCUT2D eigenvalue weighted by molar-refractivity contribution is -0.274. The normalized spacial score (nSPS) is 13.3. The van der Waals surface area contributed by atoms with Crippen molar-refractivity contribution in [3.8, 4) is 5.75 Å². The van der Waals surface area contributed by atoms with E-state index >= 15 is 0 Å². The van der Waals surface area contributed by atoms with Crippen LogP contribution in [0.15, 0.2) is 35.7 Å². The molecule has 0 spiro atoms. The molecule has 0 saturated heterocycles. The summed E-state index contributed by atoms with van der Waals surface area (Å²) in [6.45, 7) is 0. The highest BCUT2D eigenvalue weighted by Gasteiger charge is 2.31. The summed E-state index contributed by atoms with van der Waals surface area (Å²) in [6, 6.07) is 7.13. The third-order valence-corrected chi connectivity index (χ3v) is 4.30. The second kappa shape index (κ2) is 5.61. The summed E-state index contributed by atoms with van der Waals surface area (Å²) in [6.07, 6.45) is -4.70. The predicted octanol–water partition coefficient (Wildman–Crippen LogP) is 5.63. The lowest BCUT2D eigenvalue weighted by atomic mass is 10.1. The van der Waals surface area contributed by atoms with Crippen LogP contribution in [0.3, 0.4) is 0 Å². The molecule has 0 saturated carbocycles. The van der Waals surface area contributed by atoms with E-state index in [0.717, 1.165) is 4.88 Å². The molecule has 1 heterocycles. The number of rotatable bonds is 3. The van der Waals surface area contributed by atoms with Crippen LogP contribution in [-0.4, -0.2) is 6.36 Å². The smallest absolute Gasteiger partial charge is 0.406 e. The first-order chi connectivity index (χ1) is 8.87. The summed E-state index contributed by atoms with van der Waals surface area (Å²) < 4.78 is 39.8. The van der Waals surface area contributed by atoms with E-state index < -0.39 is 11.7 Å². The molecule has 0 radical (unpaired) electrons. The average Bonchev–Trinajstić information content (AvgIpc) is 2.73. The molecule has 1 aromatic heterocycles. The molecule has 0 amide bonds. The van der Waals surface area contributed by atoms with Crippen LogP contribution >= 0.6 is 34.5 Å². The summed E-state index contributed by atoms with van der Waals surface area (Å²) in [5.41, 5.74) is 0.653. The van der Waals surface area contributed by atoms with Crippen molar-refractivity contribution in [2.45, 2.75) is 11.7 Å². The second-order valence-electron chi connectivity index (χ2n) is 3.61. The van der Waals surface area contributed by atoms with E-state index in [1.54, 1.807) is 11.4 Å². The molecule has 0 aliphatic rings. The lowest BCUT2D eigenvalue weighted by Gasteiger charge is -2.11. The minimum atomic E-state index is -4.70. The minimum absolute atomic E-state index is 0.280. The Kier molecular flexibility index (Phi) is 4.28. The summed E-state index contributed by atoms with van der Waals surface area (Å²) in [7, 11) is 0. The maximum absolute atomic E-state index is 12.0. The van der Waals surface area contributed by atoms with Crippen LogP contribution in [0.1, 0.15) is 15.8 Å². The number of halogens is 5. The highest BCUT2D eigenvalue weighted by Crippen LogP contribution is 2.38. The van der Waals surface area contributed by atoms with Crippen LogP contribution in [0, 0.1) is 0 Å². The second-order valence-corrected chi connectivity index (χ2v) is 5.40. The van der Waals surface area contributed by atoms with E-state index in [4.69, 9.17) is 23.2 Å². The lowest BCUT2D eigenvalue weighted by Crippen LogP contribution is -2.17. The van der Waals surface area contributed by atoms with Crippen LogP contribution in [0.25, 0.3) is 0 Å². The standard InChI is InChI=1S/C12H7Cl2F3OS/c13-9-5-6-19-11(9)10(14)7-1-3-8(4-2-7)18-12(15,16)17/h1-6,10H. The Morgan fingerprint density at radius 2 is 1.74 bits per heavy atom. The van der Waals surface area contributed by atoms with E-state index in [9.17, 15) is 13.2 Å². The number of thiophene rings is 1. The van der Waals surface area contributed by atoms with E-state index in [2.05, 4.69) is 4.74 Å². The van der Waals surface area contributed by atoms with Gasteiger partial charge in [0.05, 0.1) is 10.4 Å². The first-order valence-corrected chi connectivity index (χ1v) is 6.79. The molecule has 7 heteroatoms. The van der Waals surface area contributed by atoms with Gasteiger partial charge in [0.15, 0.2) is 0 Å². The number of benzene rings is 1. The zero-order valence-electron chi connectivity index (χ0n) is 9.25. The van der Waals surface area contributed by atoms with Gasteiger partial charge in [-0.25, -0.2) is 0 Å². The maximum atomic E-state index is 12.0. The quantitative estimate of drug-likeness (QED) is 0.664. The molecule has 1 unspecified atom stereocenters. The summed E-state index contributed by atoms with van der Waals surface area (Å²) >= 11 is 13.6. The Morgan fingerprint density at radius 3 is 2.21 bits per heavy atom. The number of hydrogen-bond donors (Lipinski definition) is 0. The highest BCUT2D eigenvalue weighted by atomic mass is 35.5. The van der Waals surface area contributed by atoms with Crippen molar-refractivity contribution in [3.63, 3.8) is 0 Å². The summed E-state index contributed by atoms with van der Waals surface area (Å²) in [4.78, 5) is 0.757. The van der Waals surface area contributed by atoms with Crippen molar-refractivity contribution in [2.75, 3.05) is 0 Å². The largest absolute Gasteiger partial charge is 0.573 e. The third-order valence-electron chi connectivity index (χ3n) is 2.28. The number of ether oxygens (including phenoxy) is 1. The zero-order chi connectivity index (χ0) is 14.0. The summed E-state index contributed by atoms with van der Waals surface area (Å²) in [5.74, 6) is -0.280. The minimum Gasteiger partial charge on any atom is -0.406 e. The van der Waals surface area contributed by atoms with Gasteiger partial charge in [-0.2, -0.15) is 0 Å². The Hall–Kier alpha value is -0.910. The fourth-order valence-electron chi connectivity index (χ4n) is 1.48. The van der Waals surface area contributed by atoms with Crippen molar-refractivity contribution in [3.05, 3.63) is 51.2 Å². The number of alkyl halides is 4. The molecular formula is C12H7Cl2F3OS. The van der Waals surface area contributed by atoms with Gasteiger partial charge in [0.25, 0.3) is 0 Å². The first kappa shape index (κ1) is 14.5. The van der Waals surface area contributed by atoms with Crippen LogP contribution in [0.5, 0.6) is 5.75 Å². The molecule has 0 fully saturated rings. The number of hydrogen-bond acceptors (Lipinski definition) is 2. The van der Waals surface area contributed by atoms with Crippen molar-refractivity contribution in [2.24, 2.45) is 0 Å². The van der Waals surface area contributed by atoms with Crippen molar-refractivity contribution in [1.82, 2.24) is 0 Å². The highest BCUT2D eigenvalue weighted by molar-refractivity contribution is 7.11. The van der Waals surface area contributed by atoms with Gasteiger partial charge in [-0.05, 0) is 29.1 Å². The van der Waals surface area contributed by atoms with Crippen LogP contribution in [0.2, 0.25) is 5.02 Å². The van der Waals surface area contributed by atoms with E-state index in [1.165, 1.54) is 35.6 Å². The third kappa shape index (κ3) is 3.78. The fourth-order valence-corrected chi connectivity index (χ4v) is 3.12. The van der Waals surface area contributed by atoms with Gasteiger partial charge in [-0.15, -0.1) is 36.1 Å². The molecule has 2 rings (SSSR count). The molecule has 0 aliphatic heterocycles. The van der Waals surface area contributed by atoms with Gasteiger partial charge in [0, 0.05) is 4.88 Å². The van der Waals surface area contributed by atoms with Crippen molar-refractivity contribution >= 4 is 34.5 Å². The van der Waals surface area contributed by atoms with E-state index in [-0.39, 0.29) is 5.75 Å². The molecule has 0 bridgehead atoms. The van der Waals surface area contributed by atoms with Crippen LogP contribution in [-0.2, 0) is 0 Å². The molecule has 1 atom stereocenters. The van der Waals surface area contributed by atoms with Crippen molar-refractivity contribution in [1.29, 1.82) is 0 Å². The van der Waals surface area contributed by atoms with Crippen LogP contribution in [0.4, 0.5) is 13.2 Å². The van der Waals surface area contributed by atoms with Crippen LogP contribution < -0.4 is 4.74 Å². The Bertz CT molecular complexity index is 551. The van der Waals surface area contributed by atoms with E-state index in [1.807, 2.05) is 0 Å². The predicted molar refractivity (Wildman–Crippen MR) is 70.2 cm³/mol. The Labute approximate surface area is 121 Å². The topological polar surface area (TPSA) is 9.23 Å². The molecule has 1 aromatic carbocycles. The molecular weight excluding hydrogens is 320 g/mol. The van der Waals surface area contributed by atoms with Gasteiger partial charge in [-0.3, -0.25) is 0 Å². The first-order valence-electron chi connectivity index (χ1n) is 5.09. The molecule has 2 aromatic rings. The average molecular weight is 327 g/mol. The van der Waals surface area contributed by atoms with Gasteiger partial charge in [-0.1, -0.05) is 23.7 Å². The molecule has 19 heavy (non-hydrogen) atoms. The van der Waals surface area contributed by atoms with Crippen molar-refractivity contribution < 1.29 is 17.9 Å². The van der Waals surface area contributed by atoms with Gasteiger partial charge < -0.3 is 4.74 Å². The SMILES string of the molecule is FC(F)(F)Oc1ccc(C(Cl)c2sccc2Cl)cc1. The van der Waals surface area contributed by atoms with Gasteiger partial charge >= 0.3 is 6.36 Å². The molecule has 0 aliphatic carbocycles. The van der Waals surface area contributed by atoms with E-state index in [0.29, 0.717) is 10.6 Å². The molecule has 1 nitrogen and oxygen atoms in total.